The standard InChI is InChI=1S/C13H15N5O3/c1-16-3-4-18(7-10(16)19)11-8-6-15-17(2)12(8)14-5-9(11)13(20)21/h5-6H,3-4,7H2,1-2H3,(H,20,21). The minimum Gasteiger partial charge on any atom is -0.478 e. The Balaban J connectivity index is 2.17. The van der Waals surface area contributed by atoms with Gasteiger partial charge < -0.3 is 14.9 Å². The third-order valence-corrected chi connectivity index (χ3v) is 3.74. The lowest BCUT2D eigenvalue weighted by Crippen LogP contribution is -2.49. The first-order chi connectivity index (χ1) is 9.99. The Bertz CT molecular complexity index is 739. The van der Waals surface area contributed by atoms with E-state index in [1.54, 1.807) is 34.8 Å². The topological polar surface area (TPSA) is 91.6 Å². The molecule has 2 aromatic heterocycles. The highest BCUT2D eigenvalue weighted by atomic mass is 16.4. The van der Waals surface area contributed by atoms with E-state index in [2.05, 4.69) is 10.1 Å². The highest BCUT2D eigenvalue weighted by molar-refractivity contribution is 6.04. The zero-order valence-electron chi connectivity index (χ0n) is 11.8. The summed E-state index contributed by atoms with van der Waals surface area (Å²) in [5.74, 6) is -1.10. The average molecular weight is 289 g/mol. The SMILES string of the molecule is CN1CCN(c2c(C(=O)O)cnc3c2cnn3C)CC1=O. The molecule has 1 aliphatic heterocycles. The van der Waals surface area contributed by atoms with Crippen molar-refractivity contribution in [3.8, 4) is 0 Å². The van der Waals surface area contributed by atoms with Crippen LogP contribution in [0.2, 0.25) is 0 Å². The van der Waals surface area contributed by atoms with Gasteiger partial charge in [0, 0.05) is 33.4 Å². The third-order valence-electron chi connectivity index (χ3n) is 3.74. The van der Waals surface area contributed by atoms with Crippen LogP contribution in [0.3, 0.4) is 0 Å². The van der Waals surface area contributed by atoms with Crippen molar-refractivity contribution in [3.05, 3.63) is 18.0 Å². The van der Waals surface area contributed by atoms with E-state index < -0.39 is 5.97 Å². The second-order valence-corrected chi connectivity index (χ2v) is 5.07. The Morgan fingerprint density at radius 1 is 1.29 bits per heavy atom. The highest BCUT2D eigenvalue weighted by Gasteiger charge is 2.27. The number of aryl methyl sites for hydroxylation is 1. The maximum Gasteiger partial charge on any atom is 0.339 e. The van der Waals surface area contributed by atoms with Crippen molar-refractivity contribution < 1.29 is 14.7 Å². The zero-order valence-corrected chi connectivity index (χ0v) is 11.8. The Labute approximate surface area is 120 Å². The molecule has 3 heterocycles. The van der Waals surface area contributed by atoms with E-state index in [4.69, 9.17) is 0 Å². The van der Waals surface area contributed by atoms with Crippen molar-refractivity contribution in [2.75, 3.05) is 31.6 Å². The number of amides is 1. The molecule has 2 aromatic rings. The van der Waals surface area contributed by atoms with Gasteiger partial charge in [-0.15, -0.1) is 0 Å². The first-order valence-corrected chi connectivity index (χ1v) is 6.52. The molecule has 0 saturated carbocycles. The van der Waals surface area contributed by atoms with E-state index in [-0.39, 0.29) is 18.0 Å². The zero-order chi connectivity index (χ0) is 15.1. The summed E-state index contributed by atoms with van der Waals surface area (Å²) in [5, 5.41) is 14.2. The largest absolute Gasteiger partial charge is 0.478 e. The molecule has 110 valence electrons. The van der Waals surface area contributed by atoms with Crippen molar-refractivity contribution in [1.29, 1.82) is 0 Å². The summed E-state index contributed by atoms with van der Waals surface area (Å²) in [7, 11) is 3.48. The quantitative estimate of drug-likeness (QED) is 0.833. The molecule has 1 N–H and O–H groups in total. The van der Waals surface area contributed by atoms with Gasteiger partial charge in [-0.3, -0.25) is 9.48 Å². The summed E-state index contributed by atoms with van der Waals surface area (Å²) in [5.41, 5.74) is 1.20. The number of piperazine rings is 1. The molecular formula is C13H15N5O3. The lowest BCUT2D eigenvalue weighted by atomic mass is 10.1. The van der Waals surface area contributed by atoms with Crippen molar-refractivity contribution in [1.82, 2.24) is 19.7 Å². The lowest BCUT2D eigenvalue weighted by Gasteiger charge is -2.34. The van der Waals surface area contributed by atoms with Gasteiger partial charge in [-0.05, 0) is 0 Å². The average Bonchev–Trinajstić information content (AvgIpc) is 2.82. The van der Waals surface area contributed by atoms with Gasteiger partial charge in [-0.2, -0.15) is 5.10 Å². The Kier molecular flexibility index (Phi) is 3.00. The Morgan fingerprint density at radius 2 is 2.05 bits per heavy atom. The van der Waals surface area contributed by atoms with Crippen LogP contribution in [0.25, 0.3) is 11.0 Å². The third kappa shape index (κ3) is 2.08. The highest BCUT2D eigenvalue weighted by Crippen LogP contribution is 2.30. The Morgan fingerprint density at radius 3 is 2.71 bits per heavy atom. The van der Waals surface area contributed by atoms with Crippen LogP contribution in [0, 0.1) is 0 Å². The number of carboxylic acids is 1. The van der Waals surface area contributed by atoms with Gasteiger partial charge in [0.05, 0.1) is 23.8 Å². The first-order valence-electron chi connectivity index (χ1n) is 6.52. The van der Waals surface area contributed by atoms with E-state index >= 15 is 0 Å². The molecule has 0 atom stereocenters. The maximum absolute atomic E-state index is 11.9. The number of nitrogens with zero attached hydrogens (tertiary/aromatic N) is 5. The predicted octanol–water partition coefficient (Wildman–Crippen LogP) is -0.0551. The molecule has 0 bridgehead atoms. The number of carbonyl (C=O) groups is 2. The summed E-state index contributed by atoms with van der Waals surface area (Å²) in [4.78, 5) is 30.9. The number of carbonyl (C=O) groups excluding carboxylic acids is 1. The van der Waals surface area contributed by atoms with Crippen LogP contribution in [0.15, 0.2) is 12.4 Å². The number of aromatic carboxylic acids is 1. The summed E-state index contributed by atoms with van der Waals surface area (Å²) in [6.45, 7) is 1.29. The normalized spacial score (nSPS) is 15.8. The van der Waals surface area contributed by atoms with Gasteiger partial charge in [-0.1, -0.05) is 0 Å². The molecule has 1 saturated heterocycles. The van der Waals surface area contributed by atoms with Crippen LogP contribution in [0.5, 0.6) is 0 Å². The molecule has 8 heteroatoms. The van der Waals surface area contributed by atoms with Gasteiger partial charge >= 0.3 is 5.97 Å². The lowest BCUT2D eigenvalue weighted by molar-refractivity contribution is -0.129. The van der Waals surface area contributed by atoms with Gasteiger partial charge in [-0.25, -0.2) is 9.78 Å². The van der Waals surface area contributed by atoms with Crippen molar-refractivity contribution in [2.45, 2.75) is 0 Å². The molecule has 1 fully saturated rings. The van der Waals surface area contributed by atoms with E-state index in [1.165, 1.54) is 6.20 Å². The van der Waals surface area contributed by atoms with Crippen LogP contribution >= 0.6 is 0 Å². The maximum atomic E-state index is 11.9. The molecule has 1 amide bonds. The summed E-state index contributed by atoms with van der Waals surface area (Å²) < 4.78 is 1.59. The fraction of sp³-hybridized carbons (Fsp3) is 0.385. The first kappa shape index (κ1) is 13.3. The van der Waals surface area contributed by atoms with Gasteiger partial charge in [0.15, 0.2) is 5.65 Å². The number of fused-ring (bicyclic) bond motifs is 1. The molecule has 0 radical (unpaired) electrons. The minimum absolute atomic E-state index is 0.0357. The molecule has 21 heavy (non-hydrogen) atoms. The number of hydrogen-bond acceptors (Lipinski definition) is 5. The van der Waals surface area contributed by atoms with Crippen LogP contribution in [-0.4, -0.2) is 63.3 Å². The van der Waals surface area contributed by atoms with Crippen molar-refractivity contribution in [2.24, 2.45) is 7.05 Å². The number of likely N-dealkylation sites (N-methyl/N-ethyl adjacent to an activating group) is 1. The summed E-state index contributed by atoms with van der Waals surface area (Å²) in [6, 6.07) is 0. The fourth-order valence-electron chi connectivity index (χ4n) is 2.53. The smallest absolute Gasteiger partial charge is 0.339 e. The van der Waals surface area contributed by atoms with E-state index in [0.717, 1.165) is 0 Å². The number of pyridine rings is 1. The second-order valence-electron chi connectivity index (χ2n) is 5.07. The molecule has 0 unspecified atom stereocenters. The summed E-state index contributed by atoms with van der Waals surface area (Å²) >= 11 is 0. The predicted molar refractivity (Wildman–Crippen MR) is 75.3 cm³/mol. The van der Waals surface area contributed by atoms with Crippen LogP contribution < -0.4 is 4.90 Å². The van der Waals surface area contributed by atoms with E-state index in [1.807, 2.05) is 0 Å². The van der Waals surface area contributed by atoms with Crippen LogP contribution in [0.1, 0.15) is 10.4 Å². The number of anilines is 1. The number of hydrogen-bond donors (Lipinski definition) is 1. The van der Waals surface area contributed by atoms with Crippen LogP contribution in [0.4, 0.5) is 5.69 Å². The number of rotatable bonds is 2. The van der Waals surface area contributed by atoms with E-state index in [9.17, 15) is 14.7 Å². The Hall–Kier alpha value is -2.64. The fourth-order valence-corrected chi connectivity index (χ4v) is 2.53. The number of aromatic nitrogens is 3. The van der Waals surface area contributed by atoms with Crippen molar-refractivity contribution >= 4 is 28.6 Å². The molecule has 1 aliphatic rings. The van der Waals surface area contributed by atoms with Gasteiger partial charge in [0.25, 0.3) is 0 Å². The monoisotopic (exact) mass is 289 g/mol. The second kappa shape index (κ2) is 4.72. The van der Waals surface area contributed by atoms with Crippen molar-refractivity contribution in [3.63, 3.8) is 0 Å². The molecule has 8 nitrogen and oxygen atoms in total. The molecule has 0 aromatic carbocycles. The molecule has 0 aliphatic carbocycles. The molecule has 3 rings (SSSR count). The van der Waals surface area contributed by atoms with Gasteiger partial charge in [0.1, 0.15) is 5.56 Å². The molecular weight excluding hydrogens is 274 g/mol. The van der Waals surface area contributed by atoms with E-state index in [0.29, 0.717) is 29.8 Å². The molecule has 0 spiro atoms. The van der Waals surface area contributed by atoms with Crippen LogP contribution in [-0.2, 0) is 11.8 Å². The summed E-state index contributed by atoms with van der Waals surface area (Å²) in [6.07, 6.45) is 2.91. The number of carboxylic acid groups (broad SMARTS) is 1. The van der Waals surface area contributed by atoms with Gasteiger partial charge in [0.2, 0.25) is 5.91 Å². The minimum atomic E-state index is -1.06.